The van der Waals surface area contributed by atoms with Gasteiger partial charge in [0.05, 0.1) is 0 Å². The van der Waals surface area contributed by atoms with Crippen LogP contribution in [0, 0.1) is 13.8 Å². The third-order valence-corrected chi connectivity index (χ3v) is 3.70. The van der Waals surface area contributed by atoms with Crippen molar-refractivity contribution in [2.45, 2.75) is 33.3 Å². The van der Waals surface area contributed by atoms with E-state index in [0.717, 1.165) is 11.1 Å². The van der Waals surface area contributed by atoms with Crippen LogP contribution in [0.4, 0.5) is 5.69 Å². The lowest BCUT2D eigenvalue weighted by molar-refractivity contribution is -0.122. The lowest BCUT2D eigenvalue weighted by Gasteiger charge is -2.18. The maximum absolute atomic E-state index is 12.4. The Morgan fingerprint density at radius 1 is 1.04 bits per heavy atom. The highest BCUT2D eigenvalue weighted by Gasteiger charge is 2.19. The summed E-state index contributed by atoms with van der Waals surface area (Å²) in [4.78, 5) is 12.4. The van der Waals surface area contributed by atoms with Crippen molar-refractivity contribution in [1.29, 1.82) is 0 Å². The highest BCUT2D eigenvalue weighted by atomic mass is 35.5. The lowest BCUT2D eigenvalue weighted by Crippen LogP contribution is -2.32. The highest BCUT2D eigenvalue weighted by Crippen LogP contribution is 2.23. The summed E-state index contributed by atoms with van der Waals surface area (Å²) >= 11 is 11.9. The van der Waals surface area contributed by atoms with Gasteiger partial charge in [-0.3, -0.25) is 4.79 Å². The number of halogens is 2. The molecule has 0 bridgehead atoms. The minimum atomic E-state index is -0.589. The molecule has 1 N–H and O–H groups in total. The molecule has 2 aromatic carbocycles. The van der Waals surface area contributed by atoms with E-state index in [9.17, 15) is 4.79 Å². The molecule has 5 heteroatoms. The largest absolute Gasteiger partial charge is 0.481 e. The summed E-state index contributed by atoms with van der Waals surface area (Å²) in [5.74, 6) is 0.457. The first-order valence-corrected chi connectivity index (χ1v) is 8.15. The van der Waals surface area contributed by atoms with Crippen molar-refractivity contribution in [3.8, 4) is 5.75 Å². The van der Waals surface area contributed by atoms with Crippen molar-refractivity contribution in [2.24, 2.45) is 0 Å². The van der Waals surface area contributed by atoms with E-state index in [1.807, 2.05) is 32.9 Å². The Morgan fingerprint density at radius 2 is 1.61 bits per heavy atom. The number of carbonyl (C=O) groups is 1. The van der Waals surface area contributed by atoms with Gasteiger partial charge in [-0.15, -0.1) is 0 Å². The second-order valence-corrected chi connectivity index (χ2v) is 6.36. The van der Waals surface area contributed by atoms with Gasteiger partial charge in [0.2, 0.25) is 0 Å². The van der Waals surface area contributed by atoms with Crippen molar-refractivity contribution >= 4 is 34.8 Å². The van der Waals surface area contributed by atoms with Crippen LogP contribution in [-0.4, -0.2) is 12.0 Å². The first kappa shape index (κ1) is 17.6. The molecule has 0 aliphatic carbocycles. The molecule has 0 aliphatic heterocycles. The topological polar surface area (TPSA) is 38.3 Å². The van der Waals surface area contributed by atoms with Gasteiger partial charge in [0.25, 0.3) is 5.91 Å². The van der Waals surface area contributed by atoms with Crippen molar-refractivity contribution in [1.82, 2.24) is 0 Å². The standard InChI is InChI=1S/C18H19Cl2NO2/c1-4-17(23-16-6-11(2)5-12(3)7-16)18(22)21-15-9-13(19)8-14(20)10-15/h5-10,17H,4H2,1-3H3,(H,21,22)/t17-/m1/s1. The molecule has 0 aromatic heterocycles. The van der Waals surface area contributed by atoms with E-state index < -0.39 is 6.10 Å². The zero-order valence-corrected chi connectivity index (χ0v) is 14.8. The number of nitrogens with one attached hydrogen (secondary N) is 1. The summed E-state index contributed by atoms with van der Waals surface area (Å²) in [5, 5.41) is 3.73. The Kier molecular flexibility index (Phi) is 5.91. The Labute approximate surface area is 146 Å². The summed E-state index contributed by atoms with van der Waals surface area (Å²) < 4.78 is 5.84. The fourth-order valence-electron chi connectivity index (χ4n) is 2.34. The number of rotatable bonds is 5. The number of ether oxygens (including phenoxy) is 1. The van der Waals surface area contributed by atoms with E-state index in [2.05, 4.69) is 11.4 Å². The molecule has 0 unspecified atom stereocenters. The molecule has 122 valence electrons. The molecule has 0 saturated heterocycles. The summed E-state index contributed by atoms with van der Waals surface area (Å²) in [5.41, 5.74) is 2.74. The van der Waals surface area contributed by atoms with Gasteiger partial charge in [-0.25, -0.2) is 0 Å². The monoisotopic (exact) mass is 351 g/mol. The van der Waals surface area contributed by atoms with Crippen LogP contribution in [0.15, 0.2) is 36.4 Å². The number of anilines is 1. The zero-order chi connectivity index (χ0) is 17.0. The van der Waals surface area contributed by atoms with Crippen molar-refractivity contribution < 1.29 is 9.53 Å². The quantitative estimate of drug-likeness (QED) is 0.782. The smallest absolute Gasteiger partial charge is 0.265 e. The molecule has 2 rings (SSSR count). The minimum absolute atomic E-state index is 0.231. The average molecular weight is 352 g/mol. The predicted octanol–water partition coefficient (Wildman–Crippen LogP) is 5.41. The van der Waals surface area contributed by atoms with Crippen molar-refractivity contribution in [3.05, 3.63) is 57.6 Å². The third-order valence-electron chi connectivity index (χ3n) is 3.27. The van der Waals surface area contributed by atoms with Gasteiger partial charge in [-0.2, -0.15) is 0 Å². The Balaban J connectivity index is 2.11. The third kappa shape index (κ3) is 5.15. The van der Waals surface area contributed by atoms with Gasteiger partial charge >= 0.3 is 0 Å². The first-order valence-electron chi connectivity index (χ1n) is 7.39. The minimum Gasteiger partial charge on any atom is -0.481 e. The molecule has 0 aliphatic rings. The second-order valence-electron chi connectivity index (χ2n) is 5.49. The van der Waals surface area contributed by atoms with Crippen LogP contribution in [-0.2, 0) is 4.79 Å². The molecular weight excluding hydrogens is 333 g/mol. The molecule has 0 radical (unpaired) electrons. The zero-order valence-electron chi connectivity index (χ0n) is 13.3. The Bertz CT molecular complexity index is 676. The van der Waals surface area contributed by atoms with Crippen molar-refractivity contribution in [3.63, 3.8) is 0 Å². The molecule has 0 saturated carbocycles. The van der Waals surface area contributed by atoms with Crippen LogP contribution in [0.3, 0.4) is 0 Å². The maximum Gasteiger partial charge on any atom is 0.265 e. The van der Waals surface area contributed by atoms with Crippen LogP contribution in [0.1, 0.15) is 24.5 Å². The van der Waals surface area contributed by atoms with Crippen LogP contribution in [0.5, 0.6) is 5.75 Å². The maximum atomic E-state index is 12.4. The SMILES string of the molecule is CC[C@@H](Oc1cc(C)cc(C)c1)C(=O)Nc1cc(Cl)cc(Cl)c1. The van der Waals surface area contributed by atoms with Crippen LogP contribution in [0.25, 0.3) is 0 Å². The van der Waals surface area contributed by atoms with Gasteiger partial charge in [-0.05, 0) is 61.7 Å². The van der Waals surface area contributed by atoms with E-state index >= 15 is 0 Å². The number of hydrogen-bond donors (Lipinski definition) is 1. The number of benzene rings is 2. The molecule has 0 spiro atoms. The average Bonchev–Trinajstić information content (AvgIpc) is 2.42. The van der Waals surface area contributed by atoms with E-state index in [4.69, 9.17) is 27.9 Å². The van der Waals surface area contributed by atoms with Gasteiger partial charge in [-0.1, -0.05) is 36.2 Å². The molecule has 0 heterocycles. The molecule has 1 amide bonds. The molecule has 0 fully saturated rings. The van der Waals surface area contributed by atoms with Crippen LogP contribution in [0.2, 0.25) is 10.0 Å². The number of aryl methyl sites for hydroxylation is 2. The highest BCUT2D eigenvalue weighted by molar-refractivity contribution is 6.35. The number of amides is 1. The molecule has 1 atom stereocenters. The summed E-state index contributed by atoms with van der Waals surface area (Å²) in [6, 6.07) is 10.8. The summed E-state index contributed by atoms with van der Waals surface area (Å²) in [6.45, 7) is 5.89. The lowest BCUT2D eigenvalue weighted by atomic mass is 10.1. The number of hydrogen-bond acceptors (Lipinski definition) is 2. The van der Waals surface area contributed by atoms with E-state index in [-0.39, 0.29) is 5.91 Å². The number of carbonyl (C=O) groups excluding carboxylic acids is 1. The molecular formula is C18H19Cl2NO2. The molecule has 23 heavy (non-hydrogen) atoms. The van der Waals surface area contributed by atoms with E-state index in [1.54, 1.807) is 18.2 Å². The normalized spacial score (nSPS) is 11.9. The Morgan fingerprint density at radius 3 is 2.13 bits per heavy atom. The fraction of sp³-hybridized carbons (Fsp3) is 0.278. The summed E-state index contributed by atoms with van der Waals surface area (Å²) in [6.07, 6.45) is -0.0402. The van der Waals surface area contributed by atoms with Gasteiger partial charge in [0.15, 0.2) is 6.10 Å². The van der Waals surface area contributed by atoms with E-state index in [1.165, 1.54) is 0 Å². The molecule has 3 nitrogen and oxygen atoms in total. The molecule has 2 aromatic rings. The predicted molar refractivity (Wildman–Crippen MR) is 95.7 cm³/mol. The second kappa shape index (κ2) is 7.71. The van der Waals surface area contributed by atoms with Gasteiger partial charge in [0, 0.05) is 15.7 Å². The van der Waals surface area contributed by atoms with Gasteiger partial charge < -0.3 is 10.1 Å². The van der Waals surface area contributed by atoms with E-state index in [0.29, 0.717) is 27.9 Å². The summed E-state index contributed by atoms with van der Waals surface area (Å²) in [7, 11) is 0. The van der Waals surface area contributed by atoms with Crippen LogP contribution >= 0.6 is 23.2 Å². The van der Waals surface area contributed by atoms with Gasteiger partial charge in [0.1, 0.15) is 5.75 Å². The van der Waals surface area contributed by atoms with Crippen molar-refractivity contribution in [2.75, 3.05) is 5.32 Å². The van der Waals surface area contributed by atoms with Crippen LogP contribution < -0.4 is 10.1 Å². The fourth-order valence-corrected chi connectivity index (χ4v) is 2.86. The Hall–Kier alpha value is -1.71. The first-order chi connectivity index (χ1) is 10.9.